The first-order valence-corrected chi connectivity index (χ1v) is 12.2. The number of hydrogen-bond acceptors (Lipinski definition) is 6. The van der Waals surface area contributed by atoms with Crippen molar-refractivity contribution in [1.29, 1.82) is 0 Å². The van der Waals surface area contributed by atoms with E-state index in [0.29, 0.717) is 6.54 Å². The van der Waals surface area contributed by atoms with Gasteiger partial charge in [-0.2, -0.15) is 0 Å². The third kappa shape index (κ3) is 5.31. The Morgan fingerprint density at radius 2 is 1.74 bits per heavy atom. The average molecular weight is 469 g/mol. The summed E-state index contributed by atoms with van der Waals surface area (Å²) in [4.78, 5) is 17.7. The van der Waals surface area contributed by atoms with Crippen molar-refractivity contribution in [3.63, 3.8) is 0 Å². The molecule has 184 valence electrons. The molecule has 0 bridgehead atoms. The summed E-state index contributed by atoms with van der Waals surface area (Å²) in [5.41, 5.74) is 2.00. The number of hydrogen-bond donors (Lipinski definition) is 0. The number of β-lactam (4-membered cyclic amide) rings is 1. The molecule has 2 aliphatic heterocycles. The Morgan fingerprint density at radius 3 is 2.47 bits per heavy atom. The molecule has 2 aromatic carbocycles. The standard InChI is InChI=1S/C27H36N2O5/c1-4-20-9-5-6-10-23(20)34-26-25(22-19-21(31-2)11-12-24(22)32-3)29(27(26)30)14-8-7-13-28-15-17-33-18-16-28/h5-6,9-12,19,25-26H,4,7-8,13-18H2,1-3H3/t25-,26+/m1/s1. The first-order valence-electron chi connectivity index (χ1n) is 12.2. The van der Waals surface area contributed by atoms with Crippen LogP contribution in [0.1, 0.15) is 36.9 Å². The van der Waals surface area contributed by atoms with Crippen molar-refractivity contribution in [2.75, 3.05) is 53.6 Å². The van der Waals surface area contributed by atoms with E-state index in [1.165, 1.54) is 0 Å². The van der Waals surface area contributed by atoms with Gasteiger partial charge < -0.3 is 23.8 Å². The van der Waals surface area contributed by atoms with Crippen LogP contribution in [0.3, 0.4) is 0 Å². The van der Waals surface area contributed by atoms with Gasteiger partial charge in [-0.25, -0.2) is 0 Å². The van der Waals surface area contributed by atoms with E-state index in [1.54, 1.807) is 14.2 Å². The van der Waals surface area contributed by atoms with Crippen LogP contribution in [-0.2, 0) is 16.0 Å². The first-order chi connectivity index (χ1) is 16.7. The molecule has 2 atom stereocenters. The summed E-state index contributed by atoms with van der Waals surface area (Å²) < 4.78 is 22.9. The summed E-state index contributed by atoms with van der Waals surface area (Å²) in [7, 11) is 3.30. The van der Waals surface area contributed by atoms with Crippen LogP contribution in [0.4, 0.5) is 0 Å². The van der Waals surface area contributed by atoms with Crippen molar-refractivity contribution in [2.24, 2.45) is 0 Å². The highest BCUT2D eigenvalue weighted by Crippen LogP contribution is 2.43. The quantitative estimate of drug-likeness (QED) is 0.370. The molecular weight excluding hydrogens is 432 g/mol. The van der Waals surface area contributed by atoms with E-state index in [2.05, 4.69) is 11.8 Å². The van der Waals surface area contributed by atoms with Crippen molar-refractivity contribution in [2.45, 2.75) is 38.3 Å². The predicted octanol–water partition coefficient (Wildman–Crippen LogP) is 3.71. The van der Waals surface area contributed by atoms with Crippen LogP contribution >= 0.6 is 0 Å². The molecule has 1 amide bonds. The fourth-order valence-corrected chi connectivity index (χ4v) is 4.77. The Kier molecular flexibility index (Phi) is 8.29. The molecule has 7 nitrogen and oxygen atoms in total. The second-order valence-electron chi connectivity index (χ2n) is 8.75. The van der Waals surface area contributed by atoms with E-state index < -0.39 is 6.10 Å². The summed E-state index contributed by atoms with van der Waals surface area (Å²) in [6.45, 7) is 7.39. The van der Waals surface area contributed by atoms with Gasteiger partial charge in [-0.15, -0.1) is 0 Å². The third-order valence-corrected chi connectivity index (χ3v) is 6.74. The Balaban J connectivity index is 1.51. The van der Waals surface area contributed by atoms with Crippen molar-refractivity contribution >= 4 is 5.91 Å². The number of nitrogens with zero attached hydrogens (tertiary/aromatic N) is 2. The highest BCUT2D eigenvalue weighted by atomic mass is 16.5. The Morgan fingerprint density at radius 1 is 0.971 bits per heavy atom. The van der Waals surface area contributed by atoms with Gasteiger partial charge in [0.15, 0.2) is 0 Å². The summed E-state index contributed by atoms with van der Waals surface area (Å²) in [6, 6.07) is 13.4. The molecule has 7 heteroatoms. The first kappa shape index (κ1) is 24.4. The zero-order chi connectivity index (χ0) is 23.9. The molecule has 2 heterocycles. The number of rotatable bonds is 11. The number of ether oxygens (including phenoxy) is 4. The van der Waals surface area contributed by atoms with Crippen LogP contribution in [-0.4, -0.2) is 75.4 Å². The summed E-state index contributed by atoms with van der Waals surface area (Å²) in [6.07, 6.45) is 2.23. The molecule has 34 heavy (non-hydrogen) atoms. The molecule has 2 saturated heterocycles. The van der Waals surface area contributed by atoms with Gasteiger partial charge in [-0.1, -0.05) is 25.1 Å². The Labute approximate surface area is 202 Å². The highest BCUT2D eigenvalue weighted by molar-refractivity contribution is 5.89. The number of para-hydroxylation sites is 1. The lowest BCUT2D eigenvalue weighted by atomic mass is 9.89. The lowest BCUT2D eigenvalue weighted by Crippen LogP contribution is -2.61. The van der Waals surface area contributed by atoms with Gasteiger partial charge in [0.1, 0.15) is 23.3 Å². The second-order valence-corrected chi connectivity index (χ2v) is 8.75. The summed E-state index contributed by atoms with van der Waals surface area (Å²) in [5, 5.41) is 0. The van der Waals surface area contributed by atoms with Gasteiger partial charge in [0.25, 0.3) is 5.91 Å². The zero-order valence-corrected chi connectivity index (χ0v) is 20.5. The van der Waals surface area contributed by atoms with Crippen molar-refractivity contribution in [1.82, 2.24) is 9.80 Å². The van der Waals surface area contributed by atoms with Gasteiger partial charge in [0.05, 0.1) is 27.4 Å². The zero-order valence-electron chi connectivity index (χ0n) is 20.5. The highest BCUT2D eigenvalue weighted by Gasteiger charge is 2.51. The molecule has 2 fully saturated rings. The van der Waals surface area contributed by atoms with Crippen molar-refractivity contribution in [3.8, 4) is 17.2 Å². The molecule has 2 aromatic rings. The Bertz CT molecular complexity index is 960. The molecule has 0 aromatic heterocycles. The molecular formula is C27H36N2O5. The van der Waals surface area contributed by atoms with Crippen molar-refractivity contribution < 1.29 is 23.7 Å². The minimum absolute atomic E-state index is 0.0205. The summed E-state index contributed by atoms with van der Waals surface area (Å²) >= 11 is 0. The van der Waals surface area contributed by atoms with Crippen LogP contribution < -0.4 is 14.2 Å². The van der Waals surface area contributed by atoms with Crippen LogP contribution in [0.2, 0.25) is 0 Å². The van der Waals surface area contributed by atoms with Crippen LogP contribution in [0.15, 0.2) is 42.5 Å². The monoisotopic (exact) mass is 468 g/mol. The smallest absolute Gasteiger partial charge is 0.266 e. The average Bonchev–Trinajstić information content (AvgIpc) is 2.89. The predicted molar refractivity (Wildman–Crippen MR) is 131 cm³/mol. The number of benzene rings is 2. The number of likely N-dealkylation sites (tertiary alicyclic amines) is 1. The maximum Gasteiger partial charge on any atom is 0.266 e. The van der Waals surface area contributed by atoms with E-state index in [4.69, 9.17) is 18.9 Å². The molecule has 0 N–H and O–H groups in total. The molecule has 0 radical (unpaired) electrons. The number of carbonyl (C=O) groups excluding carboxylic acids is 1. The maximum atomic E-state index is 13.3. The molecule has 0 aliphatic carbocycles. The normalized spacial score (nSPS) is 20.7. The molecule has 2 aliphatic rings. The second kappa shape index (κ2) is 11.6. The largest absolute Gasteiger partial charge is 0.497 e. The topological polar surface area (TPSA) is 60.5 Å². The van der Waals surface area contributed by atoms with Gasteiger partial charge in [-0.05, 0) is 55.6 Å². The van der Waals surface area contributed by atoms with E-state index in [9.17, 15) is 4.79 Å². The number of morpholine rings is 1. The SMILES string of the molecule is CCc1ccccc1O[C@@H]1C(=O)N(CCCCN2CCOCC2)[C@@H]1c1cc(OC)ccc1OC. The van der Waals surface area contributed by atoms with E-state index in [0.717, 1.165) is 80.5 Å². The number of unbranched alkanes of at least 4 members (excludes halogenated alkanes) is 1. The molecule has 0 spiro atoms. The Hall–Kier alpha value is -2.77. The summed E-state index contributed by atoms with van der Waals surface area (Å²) in [5.74, 6) is 2.25. The number of methoxy groups -OCH3 is 2. The lowest BCUT2D eigenvalue weighted by Gasteiger charge is -2.47. The van der Waals surface area contributed by atoms with E-state index in [1.807, 2.05) is 47.4 Å². The maximum absolute atomic E-state index is 13.3. The minimum Gasteiger partial charge on any atom is -0.497 e. The van der Waals surface area contributed by atoms with E-state index in [-0.39, 0.29) is 11.9 Å². The number of amides is 1. The van der Waals surface area contributed by atoms with Gasteiger partial charge in [-0.3, -0.25) is 9.69 Å². The number of carbonyl (C=O) groups is 1. The van der Waals surface area contributed by atoms with Gasteiger partial charge in [0.2, 0.25) is 6.10 Å². The third-order valence-electron chi connectivity index (χ3n) is 6.74. The van der Waals surface area contributed by atoms with Crippen LogP contribution in [0.25, 0.3) is 0 Å². The molecule has 0 saturated carbocycles. The fourth-order valence-electron chi connectivity index (χ4n) is 4.77. The van der Waals surface area contributed by atoms with Crippen LogP contribution in [0.5, 0.6) is 17.2 Å². The van der Waals surface area contributed by atoms with Crippen molar-refractivity contribution in [3.05, 3.63) is 53.6 Å². The molecule has 0 unspecified atom stereocenters. The fraction of sp³-hybridized carbons (Fsp3) is 0.519. The lowest BCUT2D eigenvalue weighted by molar-refractivity contribution is -0.164. The minimum atomic E-state index is -0.590. The van der Waals surface area contributed by atoms with E-state index >= 15 is 0 Å². The van der Waals surface area contributed by atoms with Gasteiger partial charge in [0, 0.05) is 25.2 Å². The van der Waals surface area contributed by atoms with Crippen LogP contribution in [0, 0.1) is 0 Å². The molecule has 4 rings (SSSR count). The van der Waals surface area contributed by atoms with Gasteiger partial charge >= 0.3 is 0 Å². The number of aryl methyl sites for hydroxylation is 1.